The van der Waals surface area contributed by atoms with E-state index in [2.05, 4.69) is 25.4 Å². The zero-order valence-electron chi connectivity index (χ0n) is 10.6. The third-order valence-electron chi connectivity index (χ3n) is 2.88. The molecule has 7 nitrogen and oxygen atoms in total. The summed E-state index contributed by atoms with van der Waals surface area (Å²) in [6, 6.07) is 5.91. The van der Waals surface area contributed by atoms with Gasteiger partial charge in [-0.05, 0) is 6.07 Å². The molecule has 0 aliphatic heterocycles. The molecule has 0 unspecified atom stereocenters. The molecule has 0 atom stereocenters. The highest BCUT2D eigenvalue weighted by Crippen LogP contribution is 2.22. The second-order valence-corrected chi connectivity index (χ2v) is 4.13. The molecule has 2 heterocycles. The molecule has 0 aliphatic carbocycles. The number of hydrogen-bond donors (Lipinski definition) is 2. The highest BCUT2D eigenvalue weighted by Gasteiger charge is 2.08. The predicted molar refractivity (Wildman–Crippen MR) is 73.5 cm³/mol. The Balaban J connectivity index is 2.17. The van der Waals surface area contributed by atoms with E-state index in [0.717, 1.165) is 16.5 Å². The fourth-order valence-electron chi connectivity index (χ4n) is 1.92. The van der Waals surface area contributed by atoms with Crippen LogP contribution in [0.1, 0.15) is 0 Å². The van der Waals surface area contributed by atoms with Crippen LogP contribution in [-0.2, 0) is 7.05 Å². The number of rotatable bonds is 2. The number of benzene rings is 1. The lowest BCUT2D eigenvalue weighted by Crippen LogP contribution is -2.04. The van der Waals surface area contributed by atoms with Gasteiger partial charge < -0.3 is 11.1 Å². The second-order valence-electron chi connectivity index (χ2n) is 4.13. The fraction of sp³-hybridized carbons (Fsp3) is 0.167. The molecule has 0 bridgehead atoms. The normalized spacial score (nSPS) is 10.8. The summed E-state index contributed by atoms with van der Waals surface area (Å²) in [4.78, 5) is 12.4. The van der Waals surface area contributed by atoms with E-state index in [1.54, 1.807) is 7.05 Å². The molecule has 0 aliphatic rings. The molecule has 7 heteroatoms. The molecule has 0 saturated heterocycles. The van der Waals surface area contributed by atoms with Gasteiger partial charge in [0.2, 0.25) is 11.9 Å². The number of fused-ring (bicyclic) bond motifs is 1. The van der Waals surface area contributed by atoms with E-state index in [4.69, 9.17) is 5.73 Å². The first-order valence-electron chi connectivity index (χ1n) is 5.79. The molecule has 3 N–H and O–H groups in total. The van der Waals surface area contributed by atoms with Crippen molar-refractivity contribution in [3.63, 3.8) is 0 Å². The van der Waals surface area contributed by atoms with Crippen LogP contribution in [0.3, 0.4) is 0 Å². The van der Waals surface area contributed by atoms with Gasteiger partial charge in [0.15, 0.2) is 5.82 Å². The zero-order chi connectivity index (χ0) is 13.4. The number of nitrogen functional groups attached to an aromatic ring is 1. The summed E-state index contributed by atoms with van der Waals surface area (Å²) in [5, 5.41) is 8.14. The Bertz CT molecular complexity index is 747. The summed E-state index contributed by atoms with van der Waals surface area (Å²) in [5.41, 5.74) is 7.57. The molecule has 96 valence electrons. The van der Waals surface area contributed by atoms with Crippen LogP contribution >= 0.6 is 0 Å². The molecular formula is C12H13N7. The van der Waals surface area contributed by atoms with Gasteiger partial charge in [-0.2, -0.15) is 20.1 Å². The Hall–Kier alpha value is -2.70. The second kappa shape index (κ2) is 4.20. The average molecular weight is 255 g/mol. The summed E-state index contributed by atoms with van der Waals surface area (Å²) in [6.07, 6.45) is 1.82. The zero-order valence-corrected chi connectivity index (χ0v) is 10.6. The van der Waals surface area contributed by atoms with Gasteiger partial charge in [0.25, 0.3) is 0 Å². The Kier molecular flexibility index (Phi) is 2.52. The third kappa shape index (κ3) is 1.95. The summed E-state index contributed by atoms with van der Waals surface area (Å²) in [5.74, 6) is 1.19. The monoisotopic (exact) mass is 255 g/mol. The van der Waals surface area contributed by atoms with E-state index in [9.17, 15) is 0 Å². The van der Waals surface area contributed by atoms with Gasteiger partial charge in [-0.3, -0.25) is 4.68 Å². The average Bonchev–Trinajstić information content (AvgIpc) is 2.79. The van der Waals surface area contributed by atoms with E-state index in [1.165, 1.54) is 0 Å². The molecule has 0 spiro atoms. The standard InChI is InChI=1S/C12H13N7/c1-14-12-17-10(16-11(13)18-12)7-3-4-8-6-15-19(2)9(8)5-7/h3-6H,1-2H3,(H3,13,14,16,17,18). The third-order valence-corrected chi connectivity index (χ3v) is 2.88. The van der Waals surface area contributed by atoms with Crippen molar-refractivity contribution < 1.29 is 0 Å². The van der Waals surface area contributed by atoms with Crippen LogP contribution in [0.25, 0.3) is 22.3 Å². The van der Waals surface area contributed by atoms with Gasteiger partial charge in [-0.15, -0.1) is 0 Å². The van der Waals surface area contributed by atoms with E-state index >= 15 is 0 Å². The van der Waals surface area contributed by atoms with Gasteiger partial charge in [-0.1, -0.05) is 12.1 Å². The largest absolute Gasteiger partial charge is 0.368 e. The minimum atomic E-state index is 0.194. The molecule has 0 saturated carbocycles. The lowest BCUT2D eigenvalue weighted by atomic mass is 10.1. The van der Waals surface area contributed by atoms with Crippen molar-refractivity contribution in [1.29, 1.82) is 0 Å². The first-order valence-corrected chi connectivity index (χ1v) is 5.79. The highest BCUT2D eigenvalue weighted by atomic mass is 15.2. The van der Waals surface area contributed by atoms with Gasteiger partial charge in [0.05, 0.1) is 11.7 Å². The summed E-state index contributed by atoms with van der Waals surface area (Å²) < 4.78 is 1.81. The number of anilines is 2. The van der Waals surface area contributed by atoms with Crippen molar-refractivity contribution >= 4 is 22.8 Å². The van der Waals surface area contributed by atoms with Crippen molar-refractivity contribution in [3.8, 4) is 11.4 Å². The predicted octanol–water partition coefficient (Wildman–Crippen LogP) is 1.05. The van der Waals surface area contributed by atoms with Crippen LogP contribution in [0.4, 0.5) is 11.9 Å². The number of nitrogens with one attached hydrogen (secondary N) is 1. The molecule has 19 heavy (non-hydrogen) atoms. The van der Waals surface area contributed by atoms with E-state index < -0.39 is 0 Å². The van der Waals surface area contributed by atoms with E-state index in [0.29, 0.717) is 11.8 Å². The van der Waals surface area contributed by atoms with Crippen LogP contribution in [0.15, 0.2) is 24.4 Å². The summed E-state index contributed by atoms with van der Waals surface area (Å²) in [6.45, 7) is 0. The molecule has 1 aromatic carbocycles. The molecule has 3 rings (SSSR count). The fourth-order valence-corrected chi connectivity index (χ4v) is 1.92. The van der Waals surface area contributed by atoms with Crippen molar-refractivity contribution in [3.05, 3.63) is 24.4 Å². The first kappa shape index (κ1) is 11.4. The summed E-state index contributed by atoms with van der Waals surface area (Å²) >= 11 is 0. The van der Waals surface area contributed by atoms with Gasteiger partial charge in [0, 0.05) is 25.0 Å². The Morgan fingerprint density at radius 3 is 2.84 bits per heavy atom. The molecule has 2 aromatic heterocycles. The van der Waals surface area contributed by atoms with Crippen molar-refractivity contribution in [1.82, 2.24) is 24.7 Å². The van der Waals surface area contributed by atoms with Crippen molar-refractivity contribution in [2.45, 2.75) is 0 Å². The van der Waals surface area contributed by atoms with Gasteiger partial charge >= 0.3 is 0 Å². The van der Waals surface area contributed by atoms with Crippen LogP contribution in [-0.4, -0.2) is 31.8 Å². The molecular weight excluding hydrogens is 242 g/mol. The smallest absolute Gasteiger partial charge is 0.227 e. The van der Waals surface area contributed by atoms with E-state index in [-0.39, 0.29) is 5.95 Å². The number of aromatic nitrogens is 5. The van der Waals surface area contributed by atoms with Crippen LogP contribution in [0.2, 0.25) is 0 Å². The number of nitrogens with zero attached hydrogens (tertiary/aromatic N) is 5. The van der Waals surface area contributed by atoms with Crippen LogP contribution < -0.4 is 11.1 Å². The lowest BCUT2D eigenvalue weighted by Gasteiger charge is -2.04. The lowest BCUT2D eigenvalue weighted by molar-refractivity contribution is 0.797. The van der Waals surface area contributed by atoms with Gasteiger partial charge in [-0.25, -0.2) is 0 Å². The van der Waals surface area contributed by atoms with E-state index in [1.807, 2.05) is 36.1 Å². The van der Waals surface area contributed by atoms with Gasteiger partial charge in [0.1, 0.15) is 0 Å². The van der Waals surface area contributed by atoms with Crippen molar-refractivity contribution in [2.75, 3.05) is 18.1 Å². The Morgan fingerprint density at radius 1 is 1.21 bits per heavy atom. The number of aryl methyl sites for hydroxylation is 1. The molecule has 0 fully saturated rings. The Morgan fingerprint density at radius 2 is 2.05 bits per heavy atom. The number of nitrogens with two attached hydrogens (primary N) is 1. The van der Waals surface area contributed by atoms with Crippen molar-refractivity contribution in [2.24, 2.45) is 7.05 Å². The highest BCUT2D eigenvalue weighted by molar-refractivity contribution is 5.83. The minimum Gasteiger partial charge on any atom is -0.368 e. The van der Waals surface area contributed by atoms with Crippen LogP contribution in [0.5, 0.6) is 0 Å². The quantitative estimate of drug-likeness (QED) is 0.710. The maximum atomic E-state index is 5.68. The van der Waals surface area contributed by atoms with Crippen LogP contribution in [0, 0.1) is 0 Å². The maximum absolute atomic E-state index is 5.68. The first-order chi connectivity index (χ1) is 9.17. The topological polar surface area (TPSA) is 94.5 Å². The molecule has 3 aromatic rings. The SMILES string of the molecule is CNc1nc(N)nc(-c2ccc3cnn(C)c3c2)n1. The maximum Gasteiger partial charge on any atom is 0.227 e. The molecule has 0 amide bonds. The Labute approximate surface area is 109 Å². The molecule has 0 radical (unpaired) electrons. The minimum absolute atomic E-state index is 0.194. The summed E-state index contributed by atoms with van der Waals surface area (Å²) in [7, 11) is 3.63. The number of hydrogen-bond acceptors (Lipinski definition) is 6.